The molecule has 0 bridgehead atoms. The lowest BCUT2D eigenvalue weighted by Crippen LogP contribution is -2.46. The molecule has 3 aliphatic rings. The van der Waals surface area contributed by atoms with Crippen molar-refractivity contribution in [3.05, 3.63) is 102 Å². The van der Waals surface area contributed by atoms with Crippen molar-refractivity contribution in [2.75, 3.05) is 11.5 Å². The van der Waals surface area contributed by atoms with Crippen molar-refractivity contribution >= 4 is 23.3 Å². The van der Waals surface area contributed by atoms with Gasteiger partial charge in [0.2, 0.25) is 11.8 Å². The van der Waals surface area contributed by atoms with E-state index in [2.05, 4.69) is 0 Å². The van der Waals surface area contributed by atoms with Gasteiger partial charge in [-0.15, -0.1) is 0 Å². The summed E-state index contributed by atoms with van der Waals surface area (Å²) in [5.74, 6) is -1.57. The van der Waals surface area contributed by atoms with E-state index in [9.17, 15) is 14.4 Å². The van der Waals surface area contributed by atoms with Crippen molar-refractivity contribution in [2.45, 2.75) is 18.9 Å². The molecule has 0 spiro atoms. The molecule has 1 aliphatic carbocycles. The zero-order valence-corrected chi connectivity index (χ0v) is 19.1. The number of ketones is 1. The van der Waals surface area contributed by atoms with Gasteiger partial charge in [0.25, 0.3) is 0 Å². The average molecular weight is 466 g/mol. The summed E-state index contributed by atoms with van der Waals surface area (Å²) in [7, 11) is 0. The van der Waals surface area contributed by atoms with Crippen LogP contribution >= 0.6 is 0 Å². The standard InChI is InChI=1S/C29H23NO5/c1-2-34-19-14-12-17(13-15-19)21-16-22-26(31)20-10-6-7-11-23(20)35-27(22)25-24(21)28(32)30(29(25)33)18-8-4-3-5-9-18/h3-16,21,24-25,27H,2H2,1H3/t21-,24-,25-,27+/m1/s1. The van der Waals surface area contributed by atoms with Crippen LogP contribution < -0.4 is 14.4 Å². The highest BCUT2D eigenvalue weighted by atomic mass is 16.5. The fourth-order valence-electron chi connectivity index (χ4n) is 5.47. The van der Waals surface area contributed by atoms with Crippen LogP contribution in [0.3, 0.4) is 0 Å². The quantitative estimate of drug-likeness (QED) is 0.529. The summed E-state index contributed by atoms with van der Waals surface area (Å²) < 4.78 is 11.8. The molecule has 3 aromatic rings. The van der Waals surface area contributed by atoms with Crippen LogP contribution in [0.4, 0.5) is 5.69 Å². The Morgan fingerprint density at radius 1 is 0.829 bits per heavy atom. The van der Waals surface area contributed by atoms with Crippen molar-refractivity contribution in [3.8, 4) is 11.5 Å². The Morgan fingerprint density at radius 2 is 1.51 bits per heavy atom. The van der Waals surface area contributed by atoms with Crippen molar-refractivity contribution in [2.24, 2.45) is 11.8 Å². The molecule has 174 valence electrons. The zero-order valence-electron chi connectivity index (χ0n) is 19.1. The number of imide groups is 1. The Balaban J connectivity index is 1.50. The molecule has 3 aromatic carbocycles. The molecule has 0 N–H and O–H groups in total. The van der Waals surface area contributed by atoms with Crippen molar-refractivity contribution in [3.63, 3.8) is 0 Å². The van der Waals surface area contributed by atoms with E-state index < -0.39 is 23.9 Å². The number of nitrogens with zero attached hydrogens (tertiary/aromatic N) is 1. The van der Waals surface area contributed by atoms with Crippen LogP contribution in [0.5, 0.6) is 11.5 Å². The first kappa shape index (κ1) is 21.4. The van der Waals surface area contributed by atoms with E-state index in [-0.39, 0.29) is 17.6 Å². The first-order valence-corrected chi connectivity index (χ1v) is 11.8. The Kier molecular flexibility index (Phi) is 5.02. The Bertz CT molecular complexity index is 1360. The first-order valence-electron chi connectivity index (χ1n) is 11.8. The third-order valence-electron chi connectivity index (χ3n) is 7.01. The van der Waals surface area contributed by atoms with Crippen LogP contribution in [0.2, 0.25) is 0 Å². The van der Waals surface area contributed by atoms with Crippen LogP contribution in [-0.2, 0) is 9.59 Å². The van der Waals surface area contributed by atoms with E-state index in [1.807, 2.05) is 43.3 Å². The van der Waals surface area contributed by atoms with Gasteiger partial charge in [-0.2, -0.15) is 0 Å². The van der Waals surface area contributed by atoms with Crippen molar-refractivity contribution in [1.82, 2.24) is 0 Å². The van der Waals surface area contributed by atoms with Gasteiger partial charge in [0.15, 0.2) is 5.78 Å². The summed E-state index contributed by atoms with van der Waals surface area (Å²) in [6, 6.07) is 23.5. The second-order valence-electron chi connectivity index (χ2n) is 8.91. The minimum absolute atomic E-state index is 0.162. The second kappa shape index (κ2) is 8.24. The first-order chi connectivity index (χ1) is 17.1. The van der Waals surface area contributed by atoms with E-state index in [0.29, 0.717) is 29.2 Å². The van der Waals surface area contributed by atoms with E-state index in [4.69, 9.17) is 9.47 Å². The van der Waals surface area contributed by atoms with E-state index in [1.54, 1.807) is 48.5 Å². The van der Waals surface area contributed by atoms with E-state index >= 15 is 0 Å². The van der Waals surface area contributed by atoms with Crippen LogP contribution in [0.25, 0.3) is 0 Å². The van der Waals surface area contributed by atoms with E-state index in [0.717, 1.165) is 11.3 Å². The predicted octanol–water partition coefficient (Wildman–Crippen LogP) is 4.56. The molecule has 6 heteroatoms. The molecule has 6 rings (SSSR count). The highest BCUT2D eigenvalue weighted by Gasteiger charge is 2.59. The maximum atomic E-state index is 13.8. The van der Waals surface area contributed by atoms with Crippen LogP contribution in [0.15, 0.2) is 90.5 Å². The summed E-state index contributed by atoms with van der Waals surface area (Å²) in [5, 5.41) is 0. The van der Waals surface area contributed by atoms with E-state index in [1.165, 1.54) is 4.90 Å². The molecule has 0 aromatic heterocycles. The van der Waals surface area contributed by atoms with Gasteiger partial charge in [0, 0.05) is 11.5 Å². The van der Waals surface area contributed by atoms with Crippen LogP contribution in [-0.4, -0.2) is 30.3 Å². The molecule has 1 fully saturated rings. The summed E-state index contributed by atoms with van der Waals surface area (Å²) in [4.78, 5) is 42.4. The van der Waals surface area contributed by atoms with Crippen LogP contribution in [0, 0.1) is 11.8 Å². The third kappa shape index (κ3) is 3.28. The minimum Gasteiger partial charge on any atom is -0.494 e. The maximum absolute atomic E-state index is 13.8. The molecular weight excluding hydrogens is 442 g/mol. The number of carbonyl (C=O) groups excluding carboxylic acids is 3. The molecule has 35 heavy (non-hydrogen) atoms. The summed E-state index contributed by atoms with van der Waals surface area (Å²) in [6.07, 6.45) is 1.02. The Labute approximate surface area is 202 Å². The highest BCUT2D eigenvalue weighted by Crippen LogP contribution is 2.50. The summed E-state index contributed by atoms with van der Waals surface area (Å²) >= 11 is 0. The number of hydrogen-bond acceptors (Lipinski definition) is 5. The van der Waals surface area contributed by atoms with Crippen LogP contribution in [0.1, 0.15) is 28.8 Å². The van der Waals surface area contributed by atoms with Crippen molar-refractivity contribution in [1.29, 1.82) is 0 Å². The molecule has 0 saturated carbocycles. The number of allylic oxidation sites excluding steroid dienone is 1. The largest absolute Gasteiger partial charge is 0.494 e. The van der Waals surface area contributed by atoms with Gasteiger partial charge in [-0.1, -0.05) is 48.5 Å². The van der Waals surface area contributed by atoms with Gasteiger partial charge in [-0.05, 0) is 48.9 Å². The number of para-hydroxylation sites is 2. The third-order valence-corrected chi connectivity index (χ3v) is 7.01. The molecule has 6 nitrogen and oxygen atoms in total. The molecule has 4 atom stereocenters. The average Bonchev–Trinajstić information content (AvgIpc) is 3.15. The minimum atomic E-state index is -0.813. The van der Waals surface area contributed by atoms with Gasteiger partial charge in [0.05, 0.1) is 29.7 Å². The lowest BCUT2D eigenvalue weighted by molar-refractivity contribution is -0.123. The molecule has 2 heterocycles. The zero-order chi connectivity index (χ0) is 24.1. The fraction of sp³-hybridized carbons (Fsp3) is 0.207. The number of ether oxygens (including phenoxy) is 2. The molecule has 2 aliphatic heterocycles. The molecule has 0 unspecified atom stereocenters. The SMILES string of the molecule is CCOc1ccc([C@H]2C=C3C(=O)c4ccccc4O[C@@H]3[C@@H]3C(=O)N(c4ccccc4)C(=O)[C@@H]32)cc1. The normalized spacial score (nSPS) is 24.8. The number of amides is 2. The number of hydrogen-bond donors (Lipinski definition) is 0. The lowest BCUT2D eigenvalue weighted by Gasteiger charge is -2.38. The number of benzene rings is 3. The molecule has 2 amide bonds. The Morgan fingerprint density at radius 3 is 2.26 bits per heavy atom. The van der Waals surface area contributed by atoms with Crippen molar-refractivity contribution < 1.29 is 23.9 Å². The number of Topliss-reactive ketones (excluding diaryl/α,β-unsaturated/α-hetero) is 1. The fourth-order valence-corrected chi connectivity index (χ4v) is 5.47. The van der Waals surface area contributed by atoms with Gasteiger partial charge >= 0.3 is 0 Å². The van der Waals surface area contributed by atoms with Gasteiger partial charge in [-0.3, -0.25) is 14.4 Å². The number of rotatable bonds is 4. The van der Waals surface area contributed by atoms with Gasteiger partial charge < -0.3 is 9.47 Å². The number of anilines is 1. The number of carbonyl (C=O) groups is 3. The lowest BCUT2D eigenvalue weighted by atomic mass is 9.68. The molecule has 0 radical (unpaired) electrons. The predicted molar refractivity (Wildman–Crippen MR) is 130 cm³/mol. The maximum Gasteiger partial charge on any atom is 0.241 e. The highest BCUT2D eigenvalue weighted by molar-refractivity contribution is 6.24. The molecular formula is C29H23NO5. The second-order valence-corrected chi connectivity index (χ2v) is 8.91. The summed E-state index contributed by atoms with van der Waals surface area (Å²) in [6.45, 7) is 2.46. The smallest absolute Gasteiger partial charge is 0.241 e. The summed E-state index contributed by atoms with van der Waals surface area (Å²) in [5.41, 5.74) is 2.26. The van der Waals surface area contributed by atoms with Gasteiger partial charge in [0.1, 0.15) is 17.6 Å². The Hall–Kier alpha value is -4.19. The monoisotopic (exact) mass is 465 g/mol. The number of fused-ring (bicyclic) bond motifs is 4. The topological polar surface area (TPSA) is 72.9 Å². The molecule has 1 saturated heterocycles. The van der Waals surface area contributed by atoms with Gasteiger partial charge in [-0.25, -0.2) is 4.90 Å².